The minimum atomic E-state index is -1.09. The maximum Gasteiger partial charge on any atom is 0.344 e. The van der Waals surface area contributed by atoms with E-state index in [9.17, 15) is 9.59 Å². The molecule has 0 bridgehead atoms. The van der Waals surface area contributed by atoms with Crippen molar-refractivity contribution in [1.82, 2.24) is 0 Å². The van der Waals surface area contributed by atoms with Crippen LogP contribution in [0.3, 0.4) is 0 Å². The van der Waals surface area contributed by atoms with Crippen LogP contribution in [-0.4, -0.2) is 35.5 Å². The van der Waals surface area contributed by atoms with Gasteiger partial charge >= 0.3 is 11.9 Å². The van der Waals surface area contributed by atoms with E-state index in [0.29, 0.717) is 24.1 Å². The van der Waals surface area contributed by atoms with Gasteiger partial charge in [-0.25, -0.2) is 9.59 Å². The first-order chi connectivity index (χ1) is 13.4. The number of hydrogen-bond donors (Lipinski definition) is 1. The molecule has 0 fully saturated rings. The molecule has 1 unspecified atom stereocenters. The lowest BCUT2D eigenvalue weighted by Crippen LogP contribution is -2.18. The topological polar surface area (TPSA) is 85.2 Å². The fourth-order valence-corrected chi connectivity index (χ4v) is 3.08. The zero-order chi connectivity index (χ0) is 20.5. The summed E-state index contributed by atoms with van der Waals surface area (Å²) in [5.41, 5.74) is 3.72. The van der Waals surface area contributed by atoms with Crippen LogP contribution in [-0.2, 0) is 20.8 Å². The van der Waals surface area contributed by atoms with Gasteiger partial charge in [0.25, 0.3) is 0 Å². The fourth-order valence-electron chi connectivity index (χ4n) is 3.08. The van der Waals surface area contributed by atoms with E-state index in [-0.39, 0.29) is 12.1 Å². The molecule has 6 nitrogen and oxygen atoms in total. The summed E-state index contributed by atoms with van der Waals surface area (Å²) >= 11 is 0. The number of esters is 1. The van der Waals surface area contributed by atoms with Crippen molar-refractivity contribution in [2.24, 2.45) is 5.16 Å². The molecule has 0 radical (unpaired) electrons. The molecule has 2 rings (SSSR count). The van der Waals surface area contributed by atoms with Crippen molar-refractivity contribution in [3.8, 4) is 0 Å². The summed E-state index contributed by atoms with van der Waals surface area (Å²) in [6.07, 6.45) is 10.3. The number of fused-ring (bicyclic) bond motifs is 1. The molecule has 1 aromatic carbocycles. The molecular formula is C22H27NO5. The average Bonchev–Trinajstić information content (AvgIpc) is 2.58. The monoisotopic (exact) mass is 385 g/mol. The molecule has 1 atom stereocenters. The van der Waals surface area contributed by atoms with Gasteiger partial charge in [-0.05, 0) is 50.8 Å². The highest BCUT2D eigenvalue weighted by molar-refractivity contribution is 6.00. The third kappa shape index (κ3) is 6.68. The highest BCUT2D eigenvalue weighted by Crippen LogP contribution is 2.21. The Balaban J connectivity index is 2.43. The predicted octanol–water partition coefficient (Wildman–Crippen LogP) is 4.14. The van der Waals surface area contributed by atoms with Crippen molar-refractivity contribution in [2.75, 3.05) is 6.61 Å². The molecule has 0 amide bonds. The summed E-state index contributed by atoms with van der Waals surface area (Å²) in [5.74, 6) is -1.45. The van der Waals surface area contributed by atoms with Crippen molar-refractivity contribution in [1.29, 1.82) is 0 Å². The van der Waals surface area contributed by atoms with Gasteiger partial charge in [0.05, 0.1) is 11.3 Å². The van der Waals surface area contributed by atoms with E-state index in [1.54, 1.807) is 0 Å². The smallest absolute Gasteiger partial charge is 0.344 e. The highest BCUT2D eigenvalue weighted by Gasteiger charge is 2.20. The molecule has 1 N–H and O–H groups in total. The molecule has 150 valence electrons. The zero-order valence-electron chi connectivity index (χ0n) is 16.6. The summed E-state index contributed by atoms with van der Waals surface area (Å²) in [4.78, 5) is 28.4. The molecule has 0 saturated carbocycles. The Morgan fingerprint density at radius 1 is 1.25 bits per heavy atom. The SMILES string of the molecule is Cc1cc(C)c2c(c1)CC(=NOCC(=O)O)/C=C/CC/C=C/CC(C)OC2=O. The number of oxime groups is 1. The summed E-state index contributed by atoms with van der Waals surface area (Å²) in [7, 11) is 0. The zero-order valence-corrected chi connectivity index (χ0v) is 16.6. The molecule has 0 saturated heterocycles. The van der Waals surface area contributed by atoms with E-state index in [1.807, 2.05) is 51.1 Å². The first kappa shape index (κ1) is 21.4. The summed E-state index contributed by atoms with van der Waals surface area (Å²) in [5, 5.41) is 12.7. The van der Waals surface area contributed by atoms with Crippen LogP contribution in [0.4, 0.5) is 0 Å². The number of benzene rings is 1. The van der Waals surface area contributed by atoms with Crippen LogP contribution < -0.4 is 0 Å². The van der Waals surface area contributed by atoms with Gasteiger partial charge in [-0.1, -0.05) is 41.1 Å². The van der Waals surface area contributed by atoms with Crippen LogP contribution in [0.1, 0.15) is 53.2 Å². The molecule has 1 aliphatic heterocycles. The maximum absolute atomic E-state index is 12.8. The van der Waals surface area contributed by atoms with Crippen LogP contribution in [0, 0.1) is 13.8 Å². The first-order valence-corrected chi connectivity index (χ1v) is 9.40. The standard InChI is InChI=1S/C22H27NO5/c1-15-11-16(2)21-18(12-15)13-19(23-27-14-20(24)25)10-8-6-4-5-7-9-17(3)28-22(21)26/h5,7-8,10-12,17H,4,6,9,13-14H2,1-3H3,(H,24,25)/b7-5+,10-8+,23-19?. The molecule has 0 aromatic heterocycles. The molecule has 0 spiro atoms. The third-order valence-electron chi connectivity index (χ3n) is 4.26. The van der Waals surface area contributed by atoms with Gasteiger partial charge in [0.2, 0.25) is 6.61 Å². The van der Waals surface area contributed by atoms with Crippen molar-refractivity contribution in [3.05, 3.63) is 58.7 Å². The number of aryl methyl sites for hydroxylation is 2. The minimum absolute atomic E-state index is 0.220. The number of carbonyl (C=O) groups excluding carboxylic acids is 1. The molecule has 0 aliphatic carbocycles. The molecular weight excluding hydrogens is 358 g/mol. The Hall–Kier alpha value is -2.89. The number of hydrogen-bond acceptors (Lipinski definition) is 5. The lowest BCUT2D eigenvalue weighted by Gasteiger charge is -2.17. The lowest BCUT2D eigenvalue weighted by molar-refractivity contribution is -0.142. The Bertz CT molecular complexity index is 807. The third-order valence-corrected chi connectivity index (χ3v) is 4.26. The minimum Gasteiger partial charge on any atom is -0.479 e. The lowest BCUT2D eigenvalue weighted by atomic mass is 9.95. The Morgan fingerprint density at radius 3 is 2.75 bits per heavy atom. The number of carboxylic acid groups (broad SMARTS) is 1. The number of nitrogens with zero attached hydrogens (tertiary/aromatic N) is 1. The maximum atomic E-state index is 12.8. The van der Waals surface area contributed by atoms with E-state index < -0.39 is 12.6 Å². The van der Waals surface area contributed by atoms with Crippen LogP contribution >= 0.6 is 0 Å². The second kappa shape index (κ2) is 10.4. The number of aliphatic carboxylic acids is 1. The van der Waals surface area contributed by atoms with Gasteiger partial charge in [-0.15, -0.1) is 0 Å². The normalized spacial score (nSPS) is 21.9. The van der Waals surface area contributed by atoms with Gasteiger partial charge in [0.1, 0.15) is 6.10 Å². The average molecular weight is 385 g/mol. The predicted molar refractivity (Wildman–Crippen MR) is 108 cm³/mol. The Labute approximate surface area is 165 Å². The number of carbonyl (C=O) groups is 2. The van der Waals surface area contributed by atoms with Gasteiger partial charge in [-0.3, -0.25) is 0 Å². The molecule has 6 heteroatoms. The van der Waals surface area contributed by atoms with Crippen molar-refractivity contribution < 1.29 is 24.3 Å². The Kier molecular flexibility index (Phi) is 7.99. The molecule has 1 heterocycles. The van der Waals surface area contributed by atoms with Crippen molar-refractivity contribution in [2.45, 2.75) is 52.6 Å². The summed E-state index contributed by atoms with van der Waals surface area (Å²) in [6.45, 7) is 5.21. The van der Waals surface area contributed by atoms with Crippen molar-refractivity contribution in [3.63, 3.8) is 0 Å². The van der Waals surface area contributed by atoms with Crippen LogP contribution in [0.2, 0.25) is 0 Å². The highest BCUT2D eigenvalue weighted by atomic mass is 16.6. The van der Waals surface area contributed by atoms with E-state index in [0.717, 1.165) is 29.5 Å². The first-order valence-electron chi connectivity index (χ1n) is 9.40. The van der Waals surface area contributed by atoms with E-state index in [2.05, 4.69) is 11.2 Å². The molecule has 1 aliphatic rings. The van der Waals surface area contributed by atoms with E-state index in [1.165, 1.54) is 0 Å². The number of cyclic esters (lactones) is 1. The number of allylic oxidation sites excluding steroid dienone is 3. The van der Waals surface area contributed by atoms with Crippen LogP contribution in [0.25, 0.3) is 0 Å². The quantitative estimate of drug-likeness (QED) is 0.480. The molecule has 28 heavy (non-hydrogen) atoms. The van der Waals surface area contributed by atoms with Gasteiger partial charge in [0.15, 0.2) is 0 Å². The van der Waals surface area contributed by atoms with Gasteiger partial charge in [-0.2, -0.15) is 0 Å². The Morgan fingerprint density at radius 2 is 2.00 bits per heavy atom. The van der Waals surface area contributed by atoms with Crippen molar-refractivity contribution >= 4 is 17.7 Å². The number of carboxylic acids is 1. The number of ether oxygens (including phenoxy) is 1. The molecule has 1 aromatic rings. The van der Waals surface area contributed by atoms with Crippen LogP contribution in [0.15, 0.2) is 41.6 Å². The van der Waals surface area contributed by atoms with Gasteiger partial charge in [0, 0.05) is 12.8 Å². The fraction of sp³-hybridized carbons (Fsp3) is 0.409. The summed E-state index contributed by atoms with van der Waals surface area (Å²) in [6, 6.07) is 3.88. The second-order valence-electron chi connectivity index (χ2n) is 6.95. The van der Waals surface area contributed by atoms with E-state index >= 15 is 0 Å². The van der Waals surface area contributed by atoms with E-state index in [4.69, 9.17) is 14.7 Å². The summed E-state index contributed by atoms with van der Waals surface area (Å²) < 4.78 is 5.63. The van der Waals surface area contributed by atoms with Gasteiger partial charge < -0.3 is 14.7 Å². The number of rotatable bonds is 3. The second-order valence-corrected chi connectivity index (χ2v) is 6.95. The van der Waals surface area contributed by atoms with Crippen LogP contribution in [0.5, 0.6) is 0 Å². The largest absolute Gasteiger partial charge is 0.479 e.